The first-order valence-corrected chi connectivity index (χ1v) is 7.48. The number of guanidine groups is 1. The Morgan fingerprint density at radius 2 is 2.11 bits per heavy atom. The van der Waals surface area contributed by atoms with E-state index in [9.17, 15) is 0 Å². The zero-order valence-electron chi connectivity index (χ0n) is 11.9. The average molecular weight is 252 g/mol. The van der Waals surface area contributed by atoms with Gasteiger partial charge in [-0.15, -0.1) is 0 Å². The minimum atomic E-state index is 0.867. The van der Waals surface area contributed by atoms with E-state index >= 15 is 0 Å². The smallest absolute Gasteiger partial charge is 0.191 e. The lowest BCUT2D eigenvalue weighted by atomic mass is 9.92. The van der Waals surface area contributed by atoms with Gasteiger partial charge in [0, 0.05) is 32.7 Å². The molecule has 2 rings (SSSR count). The number of hydrogen-bond acceptors (Lipinski definition) is 4. The third-order valence-corrected chi connectivity index (χ3v) is 3.79. The second-order valence-corrected chi connectivity index (χ2v) is 6.00. The van der Waals surface area contributed by atoms with E-state index in [2.05, 4.69) is 34.4 Å². The van der Waals surface area contributed by atoms with Gasteiger partial charge in [-0.3, -0.25) is 4.99 Å². The predicted octanol–water partition coefficient (Wildman–Crippen LogP) is 1.29. The molecule has 4 heteroatoms. The molecule has 0 spiro atoms. The Labute approximate surface area is 111 Å². The fraction of sp³-hybridized carbons (Fsp3) is 0.929. The summed E-state index contributed by atoms with van der Waals surface area (Å²) in [6.45, 7) is 11.6. The lowest BCUT2D eigenvalue weighted by molar-refractivity contribution is 0.140. The minimum absolute atomic E-state index is 0.867. The van der Waals surface area contributed by atoms with Crippen molar-refractivity contribution in [2.24, 2.45) is 16.8 Å². The molecular weight excluding hydrogens is 224 g/mol. The molecule has 1 fully saturated rings. The molecule has 0 aromatic rings. The number of nitrogens with one attached hydrogen (secondary N) is 2. The van der Waals surface area contributed by atoms with Crippen molar-refractivity contribution in [1.82, 2.24) is 15.5 Å². The van der Waals surface area contributed by atoms with E-state index in [1.807, 2.05) is 0 Å². The van der Waals surface area contributed by atoms with Crippen molar-refractivity contribution < 1.29 is 0 Å². The van der Waals surface area contributed by atoms with Crippen LogP contribution in [0.1, 0.15) is 33.1 Å². The van der Waals surface area contributed by atoms with Crippen LogP contribution in [0.15, 0.2) is 4.99 Å². The first kappa shape index (κ1) is 13.7. The molecule has 18 heavy (non-hydrogen) atoms. The van der Waals surface area contributed by atoms with Gasteiger partial charge in [0.25, 0.3) is 0 Å². The molecular formula is C14H28N4. The standard InChI is InChI=1S/C14H28N4/c1-12-9-13(2)11-18(10-12)8-4-7-17-14-15-5-3-6-16-14/h12-13H,3-11H2,1-2H3,(H2,15,16,17). The highest BCUT2D eigenvalue weighted by atomic mass is 15.2. The van der Waals surface area contributed by atoms with Crippen molar-refractivity contribution in [3.63, 3.8) is 0 Å². The molecule has 0 radical (unpaired) electrons. The quantitative estimate of drug-likeness (QED) is 0.741. The first-order chi connectivity index (χ1) is 8.74. The number of aliphatic imine (C=N–C) groups is 1. The maximum atomic E-state index is 4.42. The molecule has 0 aromatic heterocycles. The van der Waals surface area contributed by atoms with Gasteiger partial charge in [0.05, 0.1) is 0 Å². The van der Waals surface area contributed by atoms with E-state index in [4.69, 9.17) is 0 Å². The maximum Gasteiger partial charge on any atom is 0.191 e. The second-order valence-electron chi connectivity index (χ2n) is 6.00. The fourth-order valence-electron chi connectivity index (χ4n) is 3.14. The summed E-state index contributed by atoms with van der Waals surface area (Å²) in [5, 5.41) is 6.69. The summed E-state index contributed by atoms with van der Waals surface area (Å²) in [7, 11) is 0. The molecule has 0 bridgehead atoms. The van der Waals surface area contributed by atoms with Crippen LogP contribution in [0.4, 0.5) is 0 Å². The van der Waals surface area contributed by atoms with E-state index in [0.29, 0.717) is 0 Å². The van der Waals surface area contributed by atoms with E-state index in [-0.39, 0.29) is 0 Å². The summed E-state index contributed by atoms with van der Waals surface area (Å²) in [5.74, 6) is 2.74. The molecule has 4 nitrogen and oxygen atoms in total. The van der Waals surface area contributed by atoms with Gasteiger partial charge in [-0.05, 0) is 37.6 Å². The summed E-state index contributed by atoms with van der Waals surface area (Å²) < 4.78 is 0. The Kier molecular flexibility index (Phi) is 5.29. The molecule has 1 saturated heterocycles. The first-order valence-electron chi connectivity index (χ1n) is 7.48. The van der Waals surface area contributed by atoms with Crippen LogP contribution in [0.3, 0.4) is 0 Å². The summed E-state index contributed by atoms with van der Waals surface area (Å²) in [4.78, 5) is 7.04. The van der Waals surface area contributed by atoms with Gasteiger partial charge in [0.1, 0.15) is 0 Å². The van der Waals surface area contributed by atoms with Gasteiger partial charge in [0.2, 0.25) is 0 Å². The van der Waals surface area contributed by atoms with Crippen molar-refractivity contribution in [3.05, 3.63) is 0 Å². The highest BCUT2D eigenvalue weighted by molar-refractivity contribution is 5.80. The monoisotopic (exact) mass is 252 g/mol. The summed E-state index contributed by atoms with van der Waals surface area (Å²) in [6, 6.07) is 0. The van der Waals surface area contributed by atoms with Gasteiger partial charge in [-0.25, -0.2) is 0 Å². The lowest BCUT2D eigenvalue weighted by Gasteiger charge is -2.35. The number of nitrogens with zero attached hydrogens (tertiary/aromatic N) is 2. The molecule has 2 atom stereocenters. The van der Waals surface area contributed by atoms with Crippen molar-refractivity contribution in [1.29, 1.82) is 0 Å². The lowest BCUT2D eigenvalue weighted by Crippen LogP contribution is -2.43. The van der Waals surface area contributed by atoms with Gasteiger partial charge < -0.3 is 15.5 Å². The summed E-state index contributed by atoms with van der Waals surface area (Å²) >= 11 is 0. The largest absolute Gasteiger partial charge is 0.356 e. The molecule has 104 valence electrons. The minimum Gasteiger partial charge on any atom is -0.356 e. The van der Waals surface area contributed by atoms with Gasteiger partial charge >= 0.3 is 0 Å². The Morgan fingerprint density at radius 1 is 1.33 bits per heavy atom. The van der Waals surface area contributed by atoms with Gasteiger partial charge in [-0.2, -0.15) is 0 Å². The topological polar surface area (TPSA) is 39.7 Å². The maximum absolute atomic E-state index is 4.42. The zero-order valence-corrected chi connectivity index (χ0v) is 11.9. The van der Waals surface area contributed by atoms with Crippen molar-refractivity contribution >= 4 is 5.96 Å². The Balaban J connectivity index is 1.58. The SMILES string of the molecule is CC1CC(C)CN(CCCNC2=NCCCN2)C1. The van der Waals surface area contributed by atoms with Crippen LogP contribution < -0.4 is 10.6 Å². The van der Waals surface area contributed by atoms with Crippen molar-refractivity contribution in [2.45, 2.75) is 33.1 Å². The Bertz CT molecular complexity index is 267. The molecule has 0 saturated carbocycles. The Hall–Kier alpha value is -0.770. The van der Waals surface area contributed by atoms with E-state index in [1.165, 1.54) is 32.5 Å². The number of piperidine rings is 1. The number of hydrogen-bond donors (Lipinski definition) is 2. The summed E-state index contributed by atoms with van der Waals surface area (Å²) in [6.07, 6.45) is 3.77. The van der Waals surface area contributed by atoms with Gasteiger partial charge in [0.15, 0.2) is 5.96 Å². The molecule has 2 heterocycles. The zero-order chi connectivity index (χ0) is 12.8. The molecule has 0 aliphatic carbocycles. The van der Waals surface area contributed by atoms with Crippen LogP contribution in [-0.2, 0) is 0 Å². The number of rotatable bonds is 4. The molecule has 0 aromatic carbocycles. The molecule has 2 unspecified atom stereocenters. The van der Waals surface area contributed by atoms with Crippen LogP contribution >= 0.6 is 0 Å². The second kappa shape index (κ2) is 6.98. The summed E-state index contributed by atoms with van der Waals surface area (Å²) in [5.41, 5.74) is 0. The predicted molar refractivity (Wildman–Crippen MR) is 76.9 cm³/mol. The normalized spacial score (nSPS) is 29.6. The van der Waals surface area contributed by atoms with Crippen LogP contribution in [0.25, 0.3) is 0 Å². The highest BCUT2D eigenvalue weighted by Crippen LogP contribution is 2.20. The molecule has 2 aliphatic rings. The third-order valence-electron chi connectivity index (χ3n) is 3.79. The van der Waals surface area contributed by atoms with E-state index < -0.39 is 0 Å². The molecule has 0 amide bonds. The van der Waals surface area contributed by atoms with Crippen LogP contribution in [0.5, 0.6) is 0 Å². The molecule has 2 N–H and O–H groups in total. The van der Waals surface area contributed by atoms with Crippen molar-refractivity contribution in [3.8, 4) is 0 Å². The van der Waals surface area contributed by atoms with Crippen LogP contribution in [-0.4, -0.2) is 50.1 Å². The average Bonchev–Trinajstić information content (AvgIpc) is 2.35. The van der Waals surface area contributed by atoms with E-state index in [0.717, 1.165) is 43.9 Å². The Morgan fingerprint density at radius 3 is 2.78 bits per heavy atom. The molecule has 2 aliphatic heterocycles. The van der Waals surface area contributed by atoms with Crippen LogP contribution in [0.2, 0.25) is 0 Å². The van der Waals surface area contributed by atoms with Gasteiger partial charge in [-0.1, -0.05) is 13.8 Å². The third kappa shape index (κ3) is 4.48. The van der Waals surface area contributed by atoms with Crippen LogP contribution in [0, 0.1) is 11.8 Å². The fourth-order valence-corrected chi connectivity index (χ4v) is 3.14. The number of likely N-dealkylation sites (tertiary alicyclic amines) is 1. The van der Waals surface area contributed by atoms with Crippen molar-refractivity contribution in [2.75, 3.05) is 39.3 Å². The van der Waals surface area contributed by atoms with E-state index in [1.54, 1.807) is 0 Å². The highest BCUT2D eigenvalue weighted by Gasteiger charge is 2.20.